The molecule has 2 rings (SSSR count). The van der Waals surface area contributed by atoms with Crippen molar-refractivity contribution < 1.29 is 4.79 Å². The molecule has 1 aliphatic carbocycles. The second-order valence-electron chi connectivity index (χ2n) is 3.49. The summed E-state index contributed by atoms with van der Waals surface area (Å²) in [4.78, 5) is 10.9. The molecular formula is C10H9Cl2NO. The Bertz CT molecular complexity index is 371. The number of rotatable bonds is 2. The van der Waals surface area contributed by atoms with Gasteiger partial charge in [-0.3, -0.25) is 4.79 Å². The minimum atomic E-state index is -0.272. The molecule has 4 heteroatoms. The van der Waals surface area contributed by atoms with Gasteiger partial charge in [0.1, 0.15) is 0 Å². The van der Waals surface area contributed by atoms with Gasteiger partial charge in [0.25, 0.3) is 0 Å². The van der Waals surface area contributed by atoms with Gasteiger partial charge < -0.3 is 5.73 Å². The first kappa shape index (κ1) is 9.81. The van der Waals surface area contributed by atoms with Gasteiger partial charge in [0.2, 0.25) is 5.91 Å². The van der Waals surface area contributed by atoms with Crippen LogP contribution in [0.4, 0.5) is 0 Å². The molecule has 2 atom stereocenters. The fraction of sp³-hybridized carbons (Fsp3) is 0.300. The summed E-state index contributed by atoms with van der Waals surface area (Å²) < 4.78 is 0. The normalized spacial score (nSPS) is 24.7. The third kappa shape index (κ3) is 1.60. The smallest absolute Gasteiger partial charge is 0.221 e. The maximum absolute atomic E-state index is 10.9. The molecule has 1 amide bonds. The number of carbonyl (C=O) groups is 1. The molecule has 0 aliphatic heterocycles. The van der Waals surface area contributed by atoms with Gasteiger partial charge in [0.15, 0.2) is 0 Å². The summed E-state index contributed by atoms with van der Waals surface area (Å²) in [6.07, 6.45) is 0.763. The molecule has 0 bridgehead atoms. The highest BCUT2D eigenvalue weighted by atomic mass is 35.5. The first-order valence-corrected chi connectivity index (χ1v) is 5.10. The quantitative estimate of drug-likeness (QED) is 0.833. The van der Waals surface area contributed by atoms with Crippen molar-refractivity contribution in [2.45, 2.75) is 12.3 Å². The fourth-order valence-electron chi connectivity index (χ4n) is 1.69. The third-order valence-corrected chi connectivity index (χ3v) is 3.19. The number of benzene rings is 1. The number of carbonyl (C=O) groups excluding carboxylic acids is 1. The van der Waals surface area contributed by atoms with Crippen molar-refractivity contribution in [1.82, 2.24) is 0 Å². The molecule has 1 aromatic rings. The molecule has 0 radical (unpaired) electrons. The van der Waals surface area contributed by atoms with Crippen LogP contribution >= 0.6 is 23.2 Å². The van der Waals surface area contributed by atoms with Crippen LogP contribution in [0.3, 0.4) is 0 Å². The van der Waals surface area contributed by atoms with Crippen molar-refractivity contribution in [3.8, 4) is 0 Å². The molecule has 1 aromatic carbocycles. The standard InChI is InChI=1S/C10H9Cl2NO/c11-7-2-1-3-8(12)9(7)5-4-6(5)10(13)14/h1-3,5-6H,4H2,(H2,13,14). The van der Waals surface area contributed by atoms with E-state index in [0.717, 1.165) is 12.0 Å². The molecule has 0 heterocycles. The summed E-state index contributed by atoms with van der Waals surface area (Å²) in [7, 11) is 0. The summed E-state index contributed by atoms with van der Waals surface area (Å²) in [5.74, 6) is -0.243. The van der Waals surface area contributed by atoms with E-state index in [0.29, 0.717) is 10.0 Å². The van der Waals surface area contributed by atoms with E-state index in [9.17, 15) is 4.79 Å². The highest BCUT2D eigenvalue weighted by Crippen LogP contribution is 2.51. The molecule has 0 saturated heterocycles. The predicted octanol–water partition coefficient (Wildman–Crippen LogP) is 2.58. The molecular weight excluding hydrogens is 221 g/mol. The molecule has 74 valence electrons. The molecule has 2 nitrogen and oxygen atoms in total. The topological polar surface area (TPSA) is 43.1 Å². The SMILES string of the molecule is NC(=O)C1CC1c1c(Cl)cccc1Cl. The average molecular weight is 230 g/mol. The molecule has 2 unspecified atom stereocenters. The Hall–Kier alpha value is -0.730. The van der Waals surface area contributed by atoms with E-state index in [1.165, 1.54) is 0 Å². The van der Waals surface area contributed by atoms with Crippen molar-refractivity contribution in [3.05, 3.63) is 33.8 Å². The average Bonchev–Trinajstić information content (AvgIpc) is 2.83. The van der Waals surface area contributed by atoms with Crippen LogP contribution in [-0.4, -0.2) is 5.91 Å². The maximum atomic E-state index is 10.9. The van der Waals surface area contributed by atoms with E-state index in [-0.39, 0.29) is 17.7 Å². The number of hydrogen-bond donors (Lipinski definition) is 1. The van der Waals surface area contributed by atoms with Crippen LogP contribution in [0.15, 0.2) is 18.2 Å². The molecule has 0 spiro atoms. The van der Waals surface area contributed by atoms with Crippen LogP contribution in [-0.2, 0) is 4.79 Å². The molecule has 2 N–H and O–H groups in total. The van der Waals surface area contributed by atoms with Gasteiger partial charge in [0.05, 0.1) is 0 Å². The van der Waals surface area contributed by atoms with Crippen LogP contribution < -0.4 is 5.73 Å². The van der Waals surface area contributed by atoms with Gasteiger partial charge in [-0.1, -0.05) is 29.3 Å². The number of hydrogen-bond acceptors (Lipinski definition) is 1. The Morgan fingerprint density at radius 3 is 2.36 bits per heavy atom. The summed E-state index contributed by atoms with van der Waals surface area (Å²) in [6.45, 7) is 0. The minimum Gasteiger partial charge on any atom is -0.369 e. The highest BCUT2D eigenvalue weighted by Gasteiger charge is 2.44. The van der Waals surface area contributed by atoms with Crippen LogP contribution in [0.1, 0.15) is 17.9 Å². The number of halogens is 2. The molecule has 0 aromatic heterocycles. The third-order valence-electron chi connectivity index (χ3n) is 2.53. The number of amides is 1. The van der Waals surface area contributed by atoms with Gasteiger partial charge in [0, 0.05) is 16.0 Å². The Labute approximate surface area is 92.0 Å². The lowest BCUT2D eigenvalue weighted by Crippen LogP contribution is -2.13. The Morgan fingerprint density at radius 2 is 1.93 bits per heavy atom. The molecule has 1 fully saturated rings. The highest BCUT2D eigenvalue weighted by molar-refractivity contribution is 6.36. The van der Waals surface area contributed by atoms with Crippen molar-refractivity contribution in [1.29, 1.82) is 0 Å². The van der Waals surface area contributed by atoms with E-state index >= 15 is 0 Å². The summed E-state index contributed by atoms with van der Waals surface area (Å²) >= 11 is 12.0. The van der Waals surface area contributed by atoms with Gasteiger partial charge in [-0.15, -0.1) is 0 Å². The van der Waals surface area contributed by atoms with E-state index in [4.69, 9.17) is 28.9 Å². The largest absolute Gasteiger partial charge is 0.369 e. The molecule has 1 aliphatic rings. The van der Waals surface area contributed by atoms with Crippen LogP contribution in [0.2, 0.25) is 10.0 Å². The second-order valence-corrected chi connectivity index (χ2v) is 4.30. The zero-order valence-corrected chi connectivity index (χ0v) is 8.85. The zero-order valence-electron chi connectivity index (χ0n) is 7.34. The van der Waals surface area contributed by atoms with Crippen molar-refractivity contribution in [3.63, 3.8) is 0 Å². The summed E-state index contributed by atoms with van der Waals surface area (Å²) in [5, 5.41) is 1.23. The first-order chi connectivity index (χ1) is 6.61. The monoisotopic (exact) mass is 229 g/mol. The Kier molecular flexibility index (Phi) is 2.41. The fourth-order valence-corrected chi connectivity index (χ4v) is 2.37. The number of primary amides is 1. The lowest BCUT2D eigenvalue weighted by molar-refractivity contribution is -0.119. The van der Waals surface area contributed by atoms with Crippen LogP contribution in [0.5, 0.6) is 0 Å². The number of nitrogens with two attached hydrogens (primary N) is 1. The molecule has 1 saturated carbocycles. The lowest BCUT2D eigenvalue weighted by Gasteiger charge is -2.04. The predicted molar refractivity (Wildman–Crippen MR) is 56.5 cm³/mol. The van der Waals surface area contributed by atoms with Crippen LogP contribution in [0, 0.1) is 5.92 Å². The van der Waals surface area contributed by atoms with Gasteiger partial charge >= 0.3 is 0 Å². The van der Waals surface area contributed by atoms with Gasteiger partial charge in [-0.2, -0.15) is 0 Å². The van der Waals surface area contributed by atoms with E-state index in [1.54, 1.807) is 18.2 Å². The second kappa shape index (κ2) is 3.44. The Morgan fingerprint density at radius 1 is 1.36 bits per heavy atom. The van der Waals surface area contributed by atoms with Crippen molar-refractivity contribution in [2.24, 2.45) is 11.7 Å². The molecule has 14 heavy (non-hydrogen) atoms. The minimum absolute atomic E-state index is 0.0904. The van der Waals surface area contributed by atoms with Crippen molar-refractivity contribution >= 4 is 29.1 Å². The van der Waals surface area contributed by atoms with Gasteiger partial charge in [-0.05, 0) is 30.0 Å². The Balaban J connectivity index is 2.31. The maximum Gasteiger partial charge on any atom is 0.221 e. The summed E-state index contributed by atoms with van der Waals surface area (Å²) in [5.41, 5.74) is 6.06. The van der Waals surface area contributed by atoms with Crippen LogP contribution in [0.25, 0.3) is 0 Å². The van der Waals surface area contributed by atoms with E-state index in [1.807, 2.05) is 0 Å². The van der Waals surface area contributed by atoms with E-state index in [2.05, 4.69) is 0 Å². The van der Waals surface area contributed by atoms with Crippen molar-refractivity contribution in [2.75, 3.05) is 0 Å². The lowest BCUT2D eigenvalue weighted by atomic mass is 10.1. The first-order valence-electron chi connectivity index (χ1n) is 4.34. The van der Waals surface area contributed by atoms with E-state index < -0.39 is 0 Å². The van der Waals surface area contributed by atoms with Gasteiger partial charge in [-0.25, -0.2) is 0 Å². The summed E-state index contributed by atoms with van der Waals surface area (Å²) in [6, 6.07) is 5.34. The zero-order chi connectivity index (χ0) is 10.3.